The third kappa shape index (κ3) is 7.84. The lowest BCUT2D eigenvalue weighted by molar-refractivity contribution is -0.136. The fraction of sp³-hybridized carbons (Fsp3) is 0.913. The molecule has 2 atom stereocenters. The van der Waals surface area contributed by atoms with Gasteiger partial charge in [0.2, 0.25) is 5.91 Å². The summed E-state index contributed by atoms with van der Waals surface area (Å²) in [5.41, 5.74) is 0.151. The van der Waals surface area contributed by atoms with Gasteiger partial charge in [-0.2, -0.15) is 0 Å². The van der Waals surface area contributed by atoms with E-state index >= 15 is 0 Å². The van der Waals surface area contributed by atoms with Crippen LogP contribution in [0.4, 0.5) is 0 Å². The molecule has 1 amide bonds. The lowest BCUT2D eigenvalue weighted by Crippen LogP contribution is -2.52. The first-order chi connectivity index (χ1) is 13.8. The van der Waals surface area contributed by atoms with Gasteiger partial charge in [-0.3, -0.25) is 9.79 Å². The van der Waals surface area contributed by atoms with Crippen LogP contribution in [0.2, 0.25) is 0 Å². The molecular weight excluding hydrogens is 491 g/mol. The van der Waals surface area contributed by atoms with Crippen LogP contribution in [0.1, 0.15) is 73.1 Å². The predicted molar refractivity (Wildman–Crippen MR) is 136 cm³/mol. The maximum atomic E-state index is 12.6. The molecule has 2 aliphatic rings. The van der Waals surface area contributed by atoms with Crippen LogP contribution in [0.5, 0.6) is 0 Å². The van der Waals surface area contributed by atoms with Crippen molar-refractivity contribution in [1.29, 1.82) is 0 Å². The van der Waals surface area contributed by atoms with Gasteiger partial charge in [0.05, 0.1) is 6.10 Å². The van der Waals surface area contributed by atoms with E-state index in [-0.39, 0.29) is 41.4 Å². The molecular formula is C23H45IN4O2. The molecule has 0 aromatic rings. The number of carbonyl (C=O) groups excluding carboxylic acids is 1. The quantitative estimate of drug-likeness (QED) is 0.306. The summed E-state index contributed by atoms with van der Waals surface area (Å²) in [5.74, 6) is 1.89. The van der Waals surface area contributed by atoms with Crippen molar-refractivity contribution < 1.29 is 9.53 Å². The van der Waals surface area contributed by atoms with Crippen LogP contribution in [0.3, 0.4) is 0 Å². The number of aliphatic imine (C=N–C) groups is 1. The first kappa shape index (κ1) is 27.5. The molecule has 2 saturated heterocycles. The zero-order valence-electron chi connectivity index (χ0n) is 20.0. The summed E-state index contributed by atoms with van der Waals surface area (Å²) in [6, 6.07) is 0.368. The van der Waals surface area contributed by atoms with Crippen molar-refractivity contribution in [2.24, 2.45) is 22.2 Å². The Morgan fingerprint density at radius 3 is 2.33 bits per heavy atom. The summed E-state index contributed by atoms with van der Waals surface area (Å²) in [5, 5.41) is 7.11. The normalized spacial score (nSPS) is 23.8. The Morgan fingerprint density at radius 1 is 1.17 bits per heavy atom. The molecule has 30 heavy (non-hydrogen) atoms. The third-order valence-electron chi connectivity index (χ3n) is 6.54. The summed E-state index contributed by atoms with van der Waals surface area (Å²) in [7, 11) is 1.83. The number of nitrogens with one attached hydrogen (secondary N) is 2. The van der Waals surface area contributed by atoms with Crippen LogP contribution in [0.25, 0.3) is 0 Å². The Balaban J connectivity index is 0.00000450. The van der Waals surface area contributed by atoms with Crippen molar-refractivity contribution in [3.8, 4) is 0 Å². The van der Waals surface area contributed by atoms with E-state index in [0.717, 1.165) is 64.3 Å². The molecule has 0 spiro atoms. The number of hydrogen-bond acceptors (Lipinski definition) is 3. The number of piperidine rings is 1. The Morgan fingerprint density at radius 2 is 1.80 bits per heavy atom. The van der Waals surface area contributed by atoms with E-state index in [1.54, 1.807) is 0 Å². The fourth-order valence-electron chi connectivity index (χ4n) is 4.77. The largest absolute Gasteiger partial charge is 0.377 e. The van der Waals surface area contributed by atoms with Crippen LogP contribution in [-0.4, -0.2) is 62.2 Å². The van der Waals surface area contributed by atoms with Crippen LogP contribution in [0.15, 0.2) is 4.99 Å². The number of guanidine groups is 1. The van der Waals surface area contributed by atoms with Crippen molar-refractivity contribution in [2.45, 2.75) is 85.3 Å². The van der Waals surface area contributed by atoms with Crippen molar-refractivity contribution >= 4 is 35.8 Å². The average Bonchev–Trinajstić information content (AvgIpc) is 2.72. The van der Waals surface area contributed by atoms with Gasteiger partial charge < -0.3 is 20.3 Å². The van der Waals surface area contributed by atoms with Gasteiger partial charge in [-0.05, 0) is 43.9 Å². The van der Waals surface area contributed by atoms with E-state index in [1.165, 1.54) is 6.42 Å². The van der Waals surface area contributed by atoms with Crippen LogP contribution >= 0.6 is 24.0 Å². The van der Waals surface area contributed by atoms with E-state index < -0.39 is 0 Å². The second kappa shape index (κ2) is 13.1. The molecule has 2 aliphatic heterocycles. The van der Waals surface area contributed by atoms with Gasteiger partial charge >= 0.3 is 0 Å². The summed E-state index contributed by atoms with van der Waals surface area (Å²) >= 11 is 0. The van der Waals surface area contributed by atoms with E-state index in [2.05, 4.69) is 55.1 Å². The standard InChI is InChI=1S/C23H44N4O2.HI/c1-7-17(8-2)21(28)27-13-11-19(12-14-27)26-22(24-6)25-16-18-10-9-15-29-20(18)23(3,4)5;/h17-20H,7-16H2,1-6H3,(H2,24,25,26);1H. The minimum atomic E-state index is 0. The van der Waals surface area contributed by atoms with Gasteiger partial charge in [0, 0.05) is 51.2 Å². The maximum Gasteiger partial charge on any atom is 0.225 e. The van der Waals surface area contributed by atoms with Gasteiger partial charge in [-0.15, -0.1) is 24.0 Å². The number of carbonyl (C=O) groups is 1. The molecule has 176 valence electrons. The number of ether oxygens (including phenoxy) is 1. The molecule has 7 heteroatoms. The molecule has 6 nitrogen and oxygen atoms in total. The van der Waals surface area contributed by atoms with Crippen molar-refractivity contribution in [3.63, 3.8) is 0 Å². The lowest BCUT2D eigenvalue weighted by atomic mass is 9.78. The monoisotopic (exact) mass is 536 g/mol. The van der Waals surface area contributed by atoms with Gasteiger partial charge in [0.1, 0.15) is 0 Å². The second-order valence-corrected chi connectivity index (χ2v) is 9.77. The van der Waals surface area contributed by atoms with Crippen molar-refractivity contribution in [1.82, 2.24) is 15.5 Å². The molecule has 0 aromatic heterocycles. The van der Waals surface area contributed by atoms with E-state index in [9.17, 15) is 4.79 Å². The van der Waals surface area contributed by atoms with Crippen molar-refractivity contribution in [3.05, 3.63) is 0 Å². The third-order valence-corrected chi connectivity index (χ3v) is 6.54. The Bertz CT molecular complexity index is 538. The summed E-state index contributed by atoms with van der Waals surface area (Å²) in [6.45, 7) is 14.4. The zero-order chi connectivity index (χ0) is 21.4. The molecule has 0 saturated carbocycles. The molecule has 0 aliphatic carbocycles. The smallest absolute Gasteiger partial charge is 0.225 e. The average molecular weight is 537 g/mol. The molecule has 0 aromatic carbocycles. The van der Waals surface area contributed by atoms with Crippen LogP contribution in [0, 0.1) is 17.3 Å². The highest BCUT2D eigenvalue weighted by atomic mass is 127. The van der Waals surface area contributed by atoms with Gasteiger partial charge in [-0.1, -0.05) is 34.6 Å². The predicted octanol–water partition coefficient (Wildman–Crippen LogP) is 4.04. The topological polar surface area (TPSA) is 66.0 Å². The first-order valence-corrected chi connectivity index (χ1v) is 11.7. The highest BCUT2D eigenvalue weighted by Crippen LogP contribution is 2.33. The number of nitrogens with zero attached hydrogens (tertiary/aromatic N) is 2. The van der Waals surface area contributed by atoms with E-state index in [4.69, 9.17) is 4.74 Å². The Kier molecular flexibility index (Phi) is 12.0. The number of likely N-dealkylation sites (tertiary alicyclic amines) is 1. The molecule has 0 radical (unpaired) electrons. The second-order valence-electron chi connectivity index (χ2n) is 9.77. The maximum absolute atomic E-state index is 12.6. The number of rotatable bonds is 6. The molecule has 2 unspecified atom stereocenters. The van der Waals surface area contributed by atoms with Gasteiger partial charge in [0.15, 0.2) is 5.96 Å². The fourth-order valence-corrected chi connectivity index (χ4v) is 4.77. The first-order valence-electron chi connectivity index (χ1n) is 11.7. The molecule has 2 fully saturated rings. The highest BCUT2D eigenvalue weighted by Gasteiger charge is 2.35. The number of halogens is 1. The Labute approximate surface area is 201 Å². The Hall–Kier alpha value is -0.570. The molecule has 2 heterocycles. The molecule has 2 rings (SSSR count). The van der Waals surface area contributed by atoms with Gasteiger partial charge in [0.25, 0.3) is 0 Å². The molecule has 0 bridgehead atoms. The van der Waals surface area contributed by atoms with Crippen LogP contribution in [-0.2, 0) is 9.53 Å². The zero-order valence-corrected chi connectivity index (χ0v) is 22.3. The number of hydrogen-bond donors (Lipinski definition) is 2. The summed E-state index contributed by atoms with van der Waals surface area (Å²) < 4.78 is 6.11. The van der Waals surface area contributed by atoms with Gasteiger partial charge in [-0.25, -0.2) is 0 Å². The van der Waals surface area contributed by atoms with Crippen LogP contribution < -0.4 is 10.6 Å². The summed E-state index contributed by atoms with van der Waals surface area (Å²) in [6.07, 6.45) is 6.43. The SMILES string of the molecule is CCC(CC)C(=O)N1CCC(NC(=NC)NCC2CCCOC2C(C)(C)C)CC1.I. The minimum absolute atomic E-state index is 0. The lowest BCUT2D eigenvalue weighted by Gasteiger charge is -2.40. The molecule has 2 N–H and O–H groups in total. The van der Waals surface area contributed by atoms with E-state index in [0.29, 0.717) is 17.9 Å². The highest BCUT2D eigenvalue weighted by molar-refractivity contribution is 14.0. The van der Waals surface area contributed by atoms with Crippen molar-refractivity contribution in [2.75, 3.05) is 33.3 Å². The summed E-state index contributed by atoms with van der Waals surface area (Å²) in [4.78, 5) is 19.1. The minimum Gasteiger partial charge on any atom is -0.377 e. The van der Waals surface area contributed by atoms with E-state index in [1.807, 2.05) is 7.05 Å². The number of amides is 1.